The van der Waals surface area contributed by atoms with Crippen LogP contribution in [-0.4, -0.2) is 27.7 Å². The lowest BCUT2D eigenvalue weighted by Gasteiger charge is -2.36. The minimum Gasteiger partial charge on any atom is -0.319 e. The van der Waals surface area contributed by atoms with Crippen molar-refractivity contribution in [3.05, 3.63) is 122 Å². The topological polar surface area (TPSA) is 18.8 Å². The molecule has 0 aliphatic carbocycles. The van der Waals surface area contributed by atoms with Crippen molar-refractivity contribution in [1.82, 2.24) is 9.80 Å². The monoisotopic (exact) mass is 459 g/mol. The van der Waals surface area contributed by atoms with Crippen molar-refractivity contribution in [2.24, 2.45) is 4.99 Å². The van der Waals surface area contributed by atoms with Crippen molar-refractivity contribution in [3.8, 4) is 0 Å². The van der Waals surface area contributed by atoms with Gasteiger partial charge in [0.2, 0.25) is 0 Å². The van der Waals surface area contributed by atoms with Gasteiger partial charge in [0.15, 0.2) is 5.84 Å². The van der Waals surface area contributed by atoms with Gasteiger partial charge in [0.1, 0.15) is 0 Å². The average Bonchev–Trinajstić information content (AvgIpc) is 2.84. The third kappa shape index (κ3) is 10.1. The number of hydrogen-bond donors (Lipinski definition) is 0. The average molecular weight is 460 g/mol. The molecule has 0 saturated heterocycles. The maximum absolute atomic E-state index is 5.19. The van der Waals surface area contributed by atoms with Crippen molar-refractivity contribution < 1.29 is 0 Å². The zero-order valence-electron chi connectivity index (χ0n) is 22.4. The minimum atomic E-state index is -0.00329. The summed E-state index contributed by atoms with van der Waals surface area (Å²) in [6.07, 6.45) is 29.1. The molecular weight excluding hydrogens is 414 g/mol. The second-order valence-electron chi connectivity index (χ2n) is 7.63. The fourth-order valence-electron chi connectivity index (χ4n) is 3.22. The predicted molar refractivity (Wildman–Crippen MR) is 154 cm³/mol. The second-order valence-corrected chi connectivity index (χ2v) is 7.63. The molecule has 0 aromatic rings. The Bertz CT molecular complexity index is 888. The fraction of sp³-hybridized carbons (Fsp3) is 0.323. The van der Waals surface area contributed by atoms with Gasteiger partial charge in [-0.15, -0.1) is 6.58 Å². The highest BCUT2D eigenvalue weighted by molar-refractivity contribution is 6.00. The molecule has 0 aromatic carbocycles. The summed E-state index contributed by atoms with van der Waals surface area (Å²) in [6.45, 7) is 26.5. The molecule has 0 bridgehead atoms. The lowest BCUT2D eigenvalue weighted by Crippen LogP contribution is -2.41. The van der Waals surface area contributed by atoms with Crippen molar-refractivity contribution in [3.63, 3.8) is 0 Å². The highest BCUT2D eigenvalue weighted by Crippen LogP contribution is 2.24. The summed E-state index contributed by atoms with van der Waals surface area (Å²) in [5, 5.41) is 0. The smallest absolute Gasteiger partial charge is 0.153 e. The summed E-state index contributed by atoms with van der Waals surface area (Å²) >= 11 is 0. The molecule has 3 heteroatoms. The summed E-state index contributed by atoms with van der Waals surface area (Å²) < 4.78 is 0. The summed E-state index contributed by atoms with van der Waals surface area (Å²) in [5.74, 6) is 0.843. The molecule has 0 radical (unpaired) electrons. The molecule has 0 amide bonds. The van der Waals surface area contributed by atoms with Crippen LogP contribution in [0, 0.1) is 0 Å². The number of nitrogens with zero attached hydrogens (tertiary/aromatic N) is 3. The van der Waals surface area contributed by atoms with Crippen LogP contribution in [0.1, 0.15) is 54.9 Å². The number of aliphatic imine (C=N–C) groups is 1. The lowest BCUT2D eigenvalue weighted by molar-refractivity contribution is 0.454. The Balaban J connectivity index is 7.00. The van der Waals surface area contributed by atoms with Crippen LogP contribution in [0.15, 0.2) is 127 Å². The van der Waals surface area contributed by atoms with Crippen LogP contribution in [0.5, 0.6) is 0 Å². The van der Waals surface area contributed by atoms with Gasteiger partial charge in [0, 0.05) is 17.6 Å². The summed E-state index contributed by atoms with van der Waals surface area (Å²) in [5.41, 5.74) is 2.99. The van der Waals surface area contributed by atoms with E-state index in [1.165, 1.54) is 0 Å². The van der Waals surface area contributed by atoms with Gasteiger partial charge in [0.05, 0.1) is 17.8 Å². The van der Waals surface area contributed by atoms with E-state index in [0.717, 1.165) is 29.3 Å². The van der Waals surface area contributed by atoms with E-state index < -0.39 is 0 Å². The SMILES string of the molecule is C=C/C=C\C(=C/C)N(C(=N\C(C)/C=C\CC)/C(=C/C)N(C=C)/C(C)=C/C=C\C=C/C)C(C)C=C. The molecule has 2 unspecified atom stereocenters. The van der Waals surface area contributed by atoms with E-state index in [1.807, 2.05) is 69.5 Å². The molecule has 2 atom stereocenters. The summed E-state index contributed by atoms with van der Waals surface area (Å²) in [6, 6.07) is -0.00120. The summed E-state index contributed by atoms with van der Waals surface area (Å²) in [4.78, 5) is 9.46. The lowest BCUT2D eigenvalue weighted by atomic mass is 10.1. The molecule has 0 heterocycles. The van der Waals surface area contributed by atoms with E-state index >= 15 is 0 Å². The molecule has 0 aliphatic heterocycles. The van der Waals surface area contributed by atoms with E-state index in [2.05, 4.69) is 87.6 Å². The predicted octanol–water partition coefficient (Wildman–Crippen LogP) is 8.65. The normalized spacial score (nSPS) is 16.0. The first kappa shape index (κ1) is 30.7. The van der Waals surface area contributed by atoms with Crippen LogP contribution in [0.2, 0.25) is 0 Å². The Labute approximate surface area is 209 Å². The van der Waals surface area contributed by atoms with Crippen molar-refractivity contribution in [2.45, 2.75) is 67.0 Å². The van der Waals surface area contributed by atoms with Gasteiger partial charge >= 0.3 is 0 Å². The van der Waals surface area contributed by atoms with Crippen molar-refractivity contribution in [1.29, 1.82) is 0 Å². The first-order valence-electron chi connectivity index (χ1n) is 12.0. The Morgan fingerprint density at radius 2 is 1.68 bits per heavy atom. The minimum absolute atomic E-state index is 0.00209. The number of amidine groups is 1. The number of hydrogen-bond acceptors (Lipinski definition) is 2. The van der Waals surface area contributed by atoms with Crippen molar-refractivity contribution >= 4 is 5.84 Å². The van der Waals surface area contributed by atoms with E-state index in [9.17, 15) is 0 Å². The van der Waals surface area contributed by atoms with Crippen LogP contribution in [-0.2, 0) is 0 Å². The second kappa shape index (κ2) is 18.1. The maximum Gasteiger partial charge on any atom is 0.153 e. The van der Waals surface area contributed by atoms with Crippen molar-refractivity contribution in [2.75, 3.05) is 0 Å². The van der Waals surface area contributed by atoms with Crippen LogP contribution >= 0.6 is 0 Å². The molecule has 184 valence electrons. The number of rotatable bonds is 14. The van der Waals surface area contributed by atoms with Gasteiger partial charge < -0.3 is 9.80 Å². The molecule has 0 fully saturated rings. The van der Waals surface area contributed by atoms with Gasteiger partial charge in [-0.1, -0.05) is 86.9 Å². The van der Waals surface area contributed by atoms with E-state index in [1.54, 1.807) is 6.08 Å². The Morgan fingerprint density at radius 3 is 2.18 bits per heavy atom. The molecule has 34 heavy (non-hydrogen) atoms. The van der Waals surface area contributed by atoms with Gasteiger partial charge in [-0.05, 0) is 60.1 Å². The molecular formula is C31H45N3. The molecule has 0 saturated carbocycles. The van der Waals surface area contributed by atoms with Gasteiger partial charge in [0.25, 0.3) is 0 Å². The zero-order valence-corrected chi connectivity index (χ0v) is 22.4. The van der Waals surface area contributed by atoms with Gasteiger partial charge in [-0.3, -0.25) is 4.99 Å². The van der Waals surface area contributed by atoms with Gasteiger partial charge in [-0.25, -0.2) is 0 Å². The van der Waals surface area contributed by atoms with Crippen LogP contribution in [0.25, 0.3) is 0 Å². The van der Waals surface area contributed by atoms with Crippen LogP contribution in [0.4, 0.5) is 0 Å². The largest absolute Gasteiger partial charge is 0.319 e. The van der Waals surface area contributed by atoms with Crippen LogP contribution in [0.3, 0.4) is 0 Å². The first-order chi connectivity index (χ1) is 16.4. The third-order valence-corrected chi connectivity index (χ3v) is 5.01. The Hall–Kier alpha value is -3.33. The van der Waals surface area contributed by atoms with E-state index in [-0.39, 0.29) is 12.1 Å². The molecule has 0 rings (SSSR count). The Morgan fingerprint density at radius 1 is 0.971 bits per heavy atom. The third-order valence-electron chi connectivity index (χ3n) is 5.01. The Kier molecular flexibility index (Phi) is 16.4. The highest BCUT2D eigenvalue weighted by atomic mass is 15.3. The van der Waals surface area contributed by atoms with E-state index in [0.29, 0.717) is 0 Å². The van der Waals surface area contributed by atoms with E-state index in [4.69, 9.17) is 4.99 Å². The molecule has 0 aromatic heterocycles. The molecule has 0 spiro atoms. The molecule has 0 aliphatic rings. The molecule has 3 nitrogen and oxygen atoms in total. The quantitative estimate of drug-likeness (QED) is 0.112. The maximum atomic E-state index is 5.19. The molecule has 0 N–H and O–H groups in total. The summed E-state index contributed by atoms with van der Waals surface area (Å²) in [7, 11) is 0. The first-order valence-corrected chi connectivity index (χ1v) is 12.0. The zero-order chi connectivity index (χ0) is 25.9. The fourth-order valence-corrected chi connectivity index (χ4v) is 3.22. The standard InChI is InChI=1S/C31H45N3/c1-11-18-21-22-24-28(10)33(17-7)30(16-6)31(32-26(8)23-19-12-2)34(27(9)14-4)29(15-5)25-20-13-3/h11,13-27H,3-4,7,12H2,1-2,5-6,8-10H3/b18-11-,22-21-,23-19-,25-20-,28-24+,29-15+,30-16-,32-31-. The van der Waals surface area contributed by atoms with Crippen LogP contribution < -0.4 is 0 Å². The highest BCUT2D eigenvalue weighted by Gasteiger charge is 2.25. The number of allylic oxidation sites excluding steroid dienone is 12. The van der Waals surface area contributed by atoms with Gasteiger partial charge in [-0.2, -0.15) is 0 Å².